The second-order valence-corrected chi connectivity index (χ2v) is 6.32. The minimum atomic E-state index is -0.161. The molecule has 3 rings (SSSR count). The van der Waals surface area contributed by atoms with Crippen LogP contribution in [-0.4, -0.2) is 46.0 Å². The Labute approximate surface area is 142 Å². The van der Waals surface area contributed by atoms with Gasteiger partial charge in [0.15, 0.2) is 5.69 Å². The number of ether oxygens (including phenoxy) is 1. The fourth-order valence-corrected chi connectivity index (χ4v) is 3.09. The van der Waals surface area contributed by atoms with Gasteiger partial charge in [-0.05, 0) is 18.2 Å². The molecule has 0 bridgehead atoms. The Morgan fingerprint density at radius 3 is 3.17 bits per heavy atom. The SMILES string of the molecule is CN(C(=O)c1cn(CCN)nn1)C1CCOc2ccc(Br)cc21. The lowest BCUT2D eigenvalue weighted by Crippen LogP contribution is -2.34. The number of amides is 1. The van der Waals surface area contributed by atoms with Crippen LogP contribution in [0.25, 0.3) is 0 Å². The summed E-state index contributed by atoms with van der Waals surface area (Å²) in [6.45, 7) is 1.57. The zero-order valence-corrected chi connectivity index (χ0v) is 14.4. The molecule has 8 heteroatoms. The van der Waals surface area contributed by atoms with Crippen molar-refractivity contribution in [1.29, 1.82) is 0 Å². The van der Waals surface area contributed by atoms with Crippen molar-refractivity contribution in [3.63, 3.8) is 0 Å². The summed E-state index contributed by atoms with van der Waals surface area (Å²) in [7, 11) is 1.78. The summed E-state index contributed by atoms with van der Waals surface area (Å²) in [5.74, 6) is 0.655. The molecule has 1 aliphatic heterocycles. The van der Waals surface area contributed by atoms with E-state index in [0.717, 1.165) is 22.2 Å². The van der Waals surface area contributed by atoms with Crippen molar-refractivity contribution in [3.8, 4) is 5.75 Å². The van der Waals surface area contributed by atoms with E-state index in [2.05, 4.69) is 26.2 Å². The number of rotatable bonds is 4. The summed E-state index contributed by atoms with van der Waals surface area (Å²) in [6.07, 6.45) is 2.37. The van der Waals surface area contributed by atoms with E-state index >= 15 is 0 Å². The summed E-state index contributed by atoms with van der Waals surface area (Å²) in [6, 6.07) is 5.79. The van der Waals surface area contributed by atoms with Gasteiger partial charge in [0.1, 0.15) is 5.75 Å². The summed E-state index contributed by atoms with van der Waals surface area (Å²) in [5.41, 5.74) is 6.81. The number of carbonyl (C=O) groups is 1. The number of benzene rings is 1. The molecule has 1 aromatic heterocycles. The number of hydrogen-bond acceptors (Lipinski definition) is 5. The average Bonchev–Trinajstić information content (AvgIpc) is 3.02. The molecular formula is C15H18BrN5O2. The highest BCUT2D eigenvalue weighted by Gasteiger charge is 2.29. The van der Waals surface area contributed by atoms with Gasteiger partial charge in [-0.25, -0.2) is 0 Å². The smallest absolute Gasteiger partial charge is 0.276 e. The van der Waals surface area contributed by atoms with E-state index in [9.17, 15) is 4.79 Å². The van der Waals surface area contributed by atoms with Gasteiger partial charge in [-0.1, -0.05) is 21.1 Å². The van der Waals surface area contributed by atoms with E-state index < -0.39 is 0 Å². The maximum Gasteiger partial charge on any atom is 0.276 e. The highest BCUT2D eigenvalue weighted by Crippen LogP contribution is 2.37. The van der Waals surface area contributed by atoms with Crippen LogP contribution in [0.4, 0.5) is 0 Å². The van der Waals surface area contributed by atoms with Crippen LogP contribution in [0.5, 0.6) is 5.75 Å². The first-order valence-corrected chi connectivity index (χ1v) is 8.19. The number of halogens is 1. The average molecular weight is 380 g/mol. The molecule has 0 radical (unpaired) electrons. The molecule has 0 spiro atoms. The van der Waals surface area contributed by atoms with Crippen LogP contribution in [0.1, 0.15) is 28.5 Å². The van der Waals surface area contributed by atoms with E-state index in [1.54, 1.807) is 22.8 Å². The summed E-state index contributed by atoms with van der Waals surface area (Å²) < 4.78 is 8.21. The minimum Gasteiger partial charge on any atom is -0.493 e. The third kappa shape index (κ3) is 3.23. The van der Waals surface area contributed by atoms with Gasteiger partial charge < -0.3 is 15.4 Å². The topological polar surface area (TPSA) is 86.3 Å². The molecule has 2 N–H and O–H groups in total. The Kier molecular flexibility index (Phi) is 4.63. The normalized spacial score (nSPS) is 16.6. The quantitative estimate of drug-likeness (QED) is 0.871. The lowest BCUT2D eigenvalue weighted by Gasteiger charge is -2.32. The zero-order chi connectivity index (χ0) is 16.4. The van der Waals surface area contributed by atoms with Crippen molar-refractivity contribution in [1.82, 2.24) is 19.9 Å². The third-order valence-corrected chi connectivity index (χ3v) is 4.38. The zero-order valence-electron chi connectivity index (χ0n) is 12.8. The fourth-order valence-electron chi connectivity index (χ4n) is 2.71. The molecule has 23 heavy (non-hydrogen) atoms. The lowest BCUT2D eigenvalue weighted by atomic mass is 9.99. The Morgan fingerprint density at radius 1 is 1.57 bits per heavy atom. The number of fused-ring (bicyclic) bond motifs is 1. The lowest BCUT2D eigenvalue weighted by molar-refractivity contribution is 0.0680. The van der Waals surface area contributed by atoms with E-state index in [1.807, 2.05) is 18.2 Å². The molecule has 1 aromatic carbocycles. The van der Waals surface area contributed by atoms with Crippen LogP contribution in [0.3, 0.4) is 0 Å². The van der Waals surface area contributed by atoms with Gasteiger partial charge in [-0.15, -0.1) is 5.10 Å². The molecule has 1 unspecified atom stereocenters. The second-order valence-electron chi connectivity index (χ2n) is 5.41. The number of carbonyl (C=O) groups excluding carboxylic acids is 1. The van der Waals surface area contributed by atoms with Crippen LogP contribution in [-0.2, 0) is 6.54 Å². The van der Waals surface area contributed by atoms with Gasteiger partial charge >= 0.3 is 0 Å². The monoisotopic (exact) mass is 379 g/mol. The van der Waals surface area contributed by atoms with E-state index in [4.69, 9.17) is 10.5 Å². The maximum atomic E-state index is 12.7. The Bertz CT molecular complexity index is 718. The van der Waals surface area contributed by atoms with Crippen LogP contribution in [0.2, 0.25) is 0 Å². The molecular weight excluding hydrogens is 362 g/mol. The molecule has 1 atom stereocenters. The predicted molar refractivity (Wildman–Crippen MR) is 88.2 cm³/mol. The first-order chi connectivity index (χ1) is 11.1. The summed E-state index contributed by atoms with van der Waals surface area (Å²) in [4.78, 5) is 14.4. The molecule has 1 amide bonds. The van der Waals surface area contributed by atoms with Crippen molar-refractivity contribution in [3.05, 3.63) is 40.1 Å². The Hall–Kier alpha value is -1.93. The molecule has 0 saturated carbocycles. The predicted octanol–water partition coefficient (Wildman–Crippen LogP) is 1.60. The molecule has 2 heterocycles. The molecule has 1 aliphatic rings. The van der Waals surface area contributed by atoms with Crippen LogP contribution in [0.15, 0.2) is 28.9 Å². The number of hydrogen-bond donors (Lipinski definition) is 1. The Balaban J connectivity index is 1.84. The van der Waals surface area contributed by atoms with E-state index in [0.29, 0.717) is 25.4 Å². The maximum absolute atomic E-state index is 12.7. The first-order valence-electron chi connectivity index (χ1n) is 7.39. The van der Waals surface area contributed by atoms with E-state index in [-0.39, 0.29) is 11.9 Å². The van der Waals surface area contributed by atoms with Crippen LogP contribution in [0, 0.1) is 0 Å². The van der Waals surface area contributed by atoms with Crippen LogP contribution < -0.4 is 10.5 Å². The molecule has 7 nitrogen and oxygen atoms in total. The Morgan fingerprint density at radius 2 is 2.39 bits per heavy atom. The van der Waals surface area contributed by atoms with Gasteiger partial charge in [0.05, 0.1) is 25.4 Å². The number of aromatic nitrogens is 3. The highest BCUT2D eigenvalue weighted by atomic mass is 79.9. The van der Waals surface area contributed by atoms with Crippen molar-refractivity contribution < 1.29 is 9.53 Å². The van der Waals surface area contributed by atoms with Gasteiger partial charge in [-0.2, -0.15) is 0 Å². The standard InChI is InChI=1S/C15H18BrN5O2/c1-20(15(22)12-9-21(6-5-17)19-18-12)13-4-7-23-14-3-2-10(16)8-11(13)14/h2-3,8-9,13H,4-7,17H2,1H3. The van der Waals surface area contributed by atoms with Gasteiger partial charge in [0.25, 0.3) is 5.91 Å². The molecule has 0 saturated heterocycles. The fraction of sp³-hybridized carbons (Fsp3) is 0.400. The third-order valence-electron chi connectivity index (χ3n) is 3.88. The van der Waals surface area contributed by atoms with Gasteiger partial charge in [-0.3, -0.25) is 9.48 Å². The molecule has 0 aliphatic carbocycles. The van der Waals surface area contributed by atoms with Crippen molar-refractivity contribution in [2.45, 2.75) is 19.0 Å². The largest absolute Gasteiger partial charge is 0.493 e. The first kappa shape index (κ1) is 15.9. The van der Waals surface area contributed by atoms with Gasteiger partial charge in [0.2, 0.25) is 0 Å². The van der Waals surface area contributed by atoms with Crippen molar-refractivity contribution in [2.75, 3.05) is 20.2 Å². The van der Waals surface area contributed by atoms with Crippen molar-refractivity contribution >= 4 is 21.8 Å². The van der Waals surface area contributed by atoms with Crippen LogP contribution >= 0.6 is 15.9 Å². The van der Waals surface area contributed by atoms with Gasteiger partial charge in [0, 0.05) is 30.0 Å². The summed E-state index contributed by atoms with van der Waals surface area (Å²) in [5, 5.41) is 7.87. The minimum absolute atomic E-state index is 0.0524. The molecule has 2 aromatic rings. The number of nitrogens with zero attached hydrogens (tertiary/aromatic N) is 4. The van der Waals surface area contributed by atoms with Crippen molar-refractivity contribution in [2.24, 2.45) is 5.73 Å². The van der Waals surface area contributed by atoms with E-state index in [1.165, 1.54) is 0 Å². The molecule has 0 fully saturated rings. The summed E-state index contributed by atoms with van der Waals surface area (Å²) >= 11 is 3.47. The highest BCUT2D eigenvalue weighted by molar-refractivity contribution is 9.10. The second kappa shape index (κ2) is 6.67. The number of nitrogens with two attached hydrogens (primary N) is 1. The molecule has 122 valence electrons.